The van der Waals surface area contributed by atoms with E-state index in [1.165, 1.54) is 31.4 Å². The molecule has 0 atom stereocenters. The van der Waals surface area contributed by atoms with Crippen molar-refractivity contribution in [1.29, 1.82) is 0 Å². The highest BCUT2D eigenvalue weighted by Crippen LogP contribution is 2.49. The fourth-order valence-corrected chi connectivity index (χ4v) is 2.39. The standard InChI is InChI=1S/C8H11N3/c1-2-8(3-1)4-5-11-7(8)6-9-10-11/h6H,1-5H2. The summed E-state index contributed by atoms with van der Waals surface area (Å²) in [5.74, 6) is 0. The van der Waals surface area contributed by atoms with Crippen LogP contribution in [0.15, 0.2) is 6.20 Å². The molecule has 1 aliphatic heterocycles. The van der Waals surface area contributed by atoms with Crippen LogP contribution in [0, 0.1) is 0 Å². The molecule has 0 aromatic carbocycles. The Hall–Kier alpha value is -0.860. The van der Waals surface area contributed by atoms with Crippen molar-refractivity contribution in [3.05, 3.63) is 11.9 Å². The lowest BCUT2D eigenvalue weighted by Crippen LogP contribution is -2.31. The van der Waals surface area contributed by atoms with Gasteiger partial charge >= 0.3 is 0 Å². The van der Waals surface area contributed by atoms with Gasteiger partial charge in [-0.2, -0.15) is 0 Å². The van der Waals surface area contributed by atoms with Crippen LogP contribution in [-0.4, -0.2) is 15.0 Å². The molecule has 0 saturated heterocycles. The number of aryl methyl sites for hydroxylation is 1. The Morgan fingerprint density at radius 2 is 2.27 bits per heavy atom. The molecule has 3 heteroatoms. The van der Waals surface area contributed by atoms with Crippen LogP contribution in [0.25, 0.3) is 0 Å². The molecule has 2 heterocycles. The van der Waals surface area contributed by atoms with Gasteiger partial charge in [-0.1, -0.05) is 11.6 Å². The largest absolute Gasteiger partial charge is 0.249 e. The Kier molecular flexibility index (Phi) is 0.864. The van der Waals surface area contributed by atoms with Gasteiger partial charge in [0.05, 0.1) is 11.9 Å². The number of rotatable bonds is 0. The fourth-order valence-electron chi connectivity index (χ4n) is 2.39. The summed E-state index contributed by atoms with van der Waals surface area (Å²) >= 11 is 0. The lowest BCUT2D eigenvalue weighted by Gasteiger charge is -2.37. The SMILES string of the molecule is c1nnn2c1C1(CCC1)CC2. The van der Waals surface area contributed by atoms with Gasteiger partial charge in [0.15, 0.2) is 0 Å². The van der Waals surface area contributed by atoms with Gasteiger partial charge in [-0.25, -0.2) is 4.68 Å². The van der Waals surface area contributed by atoms with E-state index in [0.717, 1.165) is 6.54 Å². The van der Waals surface area contributed by atoms with Gasteiger partial charge in [0.25, 0.3) is 0 Å². The van der Waals surface area contributed by atoms with Crippen LogP contribution in [0.1, 0.15) is 31.4 Å². The molecule has 2 aliphatic rings. The molecule has 0 N–H and O–H groups in total. The smallest absolute Gasteiger partial charge is 0.0730 e. The van der Waals surface area contributed by atoms with Gasteiger partial charge in [0.1, 0.15) is 0 Å². The Labute approximate surface area is 65.4 Å². The van der Waals surface area contributed by atoms with E-state index in [1.807, 2.05) is 6.20 Å². The number of hydrogen-bond donors (Lipinski definition) is 0. The molecule has 3 rings (SSSR count). The molecule has 0 amide bonds. The molecular formula is C8H11N3. The monoisotopic (exact) mass is 149 g/mol. The van der Waals surface area contributed by atoms with Crippen LogP contribution in [-0.2, 0) is 12.0 Å². The first-order chi connectivity index (χ1) is 5.41. The first-order valence-corrected chi connectivity index (χ1v) is 4.30. The van der Waals surface area contributed by atoms with Gasteiger partial charge in [-0.3, -0.25) is 0 Å². The van der Waals surface area contributed by atoms with E-state index in [-0.39, 0.29) is 0 Å². The highest BCUT2D eigenvalue weighted by atomic mass is 15.4. The number of hydrogen-bond acceptors (Lipinski definition) is 2. The van der Waals surface area contributed by atoms with Crippen molar-refractivity contribution in [3.8, 4) is 0 Å². The first-order valence-electron chi connectivity index (χ1n) is 4.30. The zero-order valence-corrected chi connectivity index (χ0v) is 6.45. The van der Waals surface area contributed by atoms with E-state index < -0.39 is 0 Å². The Bertz CT molecular complexity index is 285. The Morgan fingerprint density at radius 1 is 1.36 bits per heavy atom. The Morgan fingerprint density at radius 3 is 3.00 bits per heavy atom. The highest BCUT2D eigenvalue weighted by Gasteiger charge is 2.44. The number of aromatic nitrogens is 3. The van der Waals surface area contributed by atoms with Crippen molar-refractivity contribution in [2.45, 2.75) is 37.6 Å². The number of fused-ring (bicyclic) bond motifs is 2. The van der Waals surface area contributed by atoms with Crippen LogP contribution in [0.4, 0.5) is 0 Å². The predicted octanol–water partition coefficient (Wildman–Crippen LogP) is 1.10. The molecule has 1 saturated carbocycles. The minimum absolute atomic E-state index is 0.517. The molecule has 3 nitrogen and oxygen atoms in total. The second-order valence-corrected chi connectivity index (χ2v) is 3.73. The zero-order chi connectivity index (χ0) is 7.31. The van der Waals surface area contributed by atoms with Crippen LogP contribution in [0.3, 0.4) is 0 Å². The zero-order valence-electron chi connectivity index (χ0n) is 6.45. The number of nitrogens with zero attached hydrogens (tertiary/aromatic N) is 3. The quantitative estimate of drug-likeness (QED) is 0.553. The third-order valence-electron chi connectivity index (χ3n) is 3.27. The molecule has 1 fully saturated rings. The summed E-state index contributed by atoms with van der Waals surface area (Å²) < 4.78 is 2.07. The topological polar surface area (TPSA) is 30.7 Å². The summed E-state index contributed by atoms with van der Waals surface area (Å²) in [7, 11) is 0. The summed E-state index contributed by atoms with van der Waals surface area (Å²) in [6.45, 7) is 1.09. The molecule has 11 heavy (non-hydrogen) atoms. The predicted molar refractivity (Wildman–Crippen MR) is 40.2 cm³/mol. The fraction of sp³-hybridized carbons (Fsp3) is 0.750. The summed E-state index contributed by atoms with van der Waals surface area (Å²) in [5.41, 5.74) is 1.91. The second-order valence-electron chi connectivity index (χ2n) is 3.73. The van der Waals surface area contributed by atoms with Crippen molar-refractivity contribution in [1.82, 2.24) is 15.0 Å². The van der Waals surface area contributed by atoms with Crippen molar-refractivity contribution >= 4 is 0 Å². The molecule has 1 spiro atoms. The van der Waals surface area contributed by atoms with Crippen molar-refractivity contribution in [3.63, 3.8) is 0 Å². The van der Waals surface area contributed by atoms with E-state index in [4.69, 9.17) is 0 Å². The molecular weight excluding hydrogens is 138 g/mol. The summed E-state index contributed by atoms with van der Waals surface area (Å²) in [5, 5.41) is 7.97. The molecule has 1 aromatic rings. The average Bonchev–Trinajstić information content (AvgIpc) is 2.38. The maximum absolute atomic E-state index is 4.04. The molecule has 0 radical (unpaired) electrons. The van der Waals surface area contributed by atoms with Crippen LogP contribution < -0.4 is 0 Å². The van der Waals surface area contributed by atoms with Crippen LogP contribution >= 0.6 is 0 Å². The van der Waals surface area contributed by atoms with E-state index in [0.29, 0.717) is 5.41 Å². The van der Waals surface area contributed by atoms with Gasteiger partial charge < -0.3 is 0 Å². The molecule has 0 unspecified atom stereocenters. The van der Waals surface area contributed by atoms with E-state index in [9.17, 15) is 0 Å². The molecule has 1 aromatic heterocycles. The first kappa shape index (κ1) is 5.75. The van der Waals surface area contributed by atoms with Gasteiger partial charge in [-0.15, -0.1) is 5.10 Å². The second kappa shape index (κ2) is 1.65. The minimum atomic E-state index is 0.517. The molecule has 0 bridgehead atoms. The van der Waals surface area contributed by atoms with Gasteiger partial charge in [0, 0.05) is 12.0 Å². The summed E-state index contributed by atoms with van der Waals surface area (Å²) in [6.07, 6.45) is 7.37. The lowest BCUT2D eigenvalue weighted by atomic mass is 9.66. The highest BCUT2D eigenvalue weighted by molar-refractivity contribution is 5.20. The molecule has 1 aliphatic carbocycles. The van der Waals surface area contributed by atoms with E-state index >= 15 is 0 Å². The minimum Gasteiger partial charge on any atom is -0.249 e. The normalized spacial score (nSPS) is 25.1. The van der Waals surface area contributed by atoms with Crippen LogP contribution in [0.2, 0.25) is 0 Å². The summed E-state index contributed by atoms with van der Waals surface area (Å²) in [6, 6.07) is 0. The third kappa shape index (κ3) is 0.549. The van der Waals surface area contributed by atoms with Crippen LogP contribution in [0.5, 0.6) is 0 Å². The summed E-state index contributed by atoms with van der Waals surface area (Å²) in [4.78, 5) is 0. The maximum Gasteiger partial charge on any atom is 0.0730 e. The maximum atomic E-state index is 4.04. The Balaban J connectivity index is 2.12. The van der Waals surface area contributed by atoms with E-state index in [1.54, 1.807) is 0 Å². The lowest BCUT2D eigenvalue weighted by molar-refractivity contribution is 0.243. The van der Waals surface area contributed by atoms with Crippen molar-refractivity contribution in [2.75, 3.05) is 0 Å². The van der Waals surface area contributed by atoms with Crippen molar-refractivity contribution < 1.29 is 0 Å². The van der Waals surface area contributed by atoms with Gasteiger partial charge in [0.2, 0.25) is 0 Å². The average molecular weight is 149 g/mol. The third-order valence-corrected chi connectivity index (χ3v) is 3.27. The van der Waals surface area contributed by atoms with Gasteiger partial charge in [-0.05, 0) is 19.3 Å². The van der Waals surface area contributed by atoms with E-state index in [2.05, 4.69) is 15.0 Å². The molecule has 58 valence electrons. The van der Waals surface area contributed by atoms with Crippen molar-refractivity contribution in [2.24, 2.45) is 0 Å².